The summed E-state index contributed by atoms with van der Waals surface area (Å²) in [5, 5.41) is 0.457. The smallest absolute Gasteiger partial charge is 0.257 e. The number of fused-ring (bicyclic) bond motifs is 1. The minimum atomic E-state index is -0.349. The molecule has 0 aliphatic heterocycles. The molecule has 1 aromatic heterocycles. The van der Waals surface area contributed by atoms with Gasteiger partial charge in [-0.1, -0.05) is 42.1 Å². The van der Waals surface area contributed by atoms with Crippen LogP contribution >= 0.6 is 11.8 Å². The third kappa shape index (κ3) is 3.31. The lowest BCUT2D eigenvalue weighted by Crippen LogP contribution is -2.07. The van der Waals surface area contributed by atoms with E-state index in [-0.39, 0.29) is 23.8 Å². The fraction of sp³-hybridized carbons (Fsp3) is 0.125. The monoisotopic (exact) mass is 301 g/mol. The summed E-state index contributed by atoms with van der Waals surface area (Å²) in [6, 6.07) is 13.7. The molecule has 3 aromatic rings. The first-order valence-electron chi connectivity index (χ1n) is 6.46. The molecule has 3 rings (SSSR count). The van der Waals surface area contributed by atoms with Crippen LogP contribution < -0.4 is 0 Å². The van der Waals surface area contributed by atoms with E-state index in [0.717, 1.165) is 5.52 Å². The first kappa shape index (κ1) is 13.8. The molecular weight excluding hydrogens is 289 g/mol. The summed E-state index contributed by atoms with van der Waals surface area (Å²) in [4.78, 5) is 16.2. The number of aromatic nitrogens is 1. The molecule has 0 saturated heterocycles. The van der Waals surface area contributed by atoms with E-state index in [9.17, 15) is 9.18 Å². The average Bonchev–Trinajstić information content (AvgIpc) is 2.90. The Labute approximate surface area is 125 Å². The standard InChI is InChI=1S/C16H12FNO2S/c17-13-6-2-1-5-11(13)9-12(19)10-21-16-18-14-7-3-4-8-15(14)20-16/h1-8H,9-10H2. The van der Waals surface area contributed by atoms with E-state index in [4.69, 9.17) is 4.42 Å². The molecule has 0 aliphatic rings. The minimum Gasteiger partial charge on any atom is -0.431 e. The van der Waals surface area contributed by atoms with Crippen molar-refractivity contribution in [1.29, 1.82) is 0 Å². The number of carbonyl (C=O) groups is 1. The van der Waals surface area contributed by atoms with Gasteiger partial charge in [0.2, 0.25) is 0 Å². The average molecular weight is 301 g/mol. The van der Waals surface area contributed by atoms with Crippen molar-refractivity contribution in [3.63, 3.8) is 0 Å². The van der Waals surface area contributed by atoms with Gasteiger partial charge in [0.15, 0.2) is 5.58 Å². The highest BCUT2D eigenvalue weighted by atomic mass is 32.2. The van der Waals surface area contributed by atoms with Gasteiger partial charge in [-0.2, -0.15) is 0 Å². The Hall–Kier alpha value is -2.14. The van der Waals surface area contributed by atoms with E-state index in [0.29, 0.717) is 16.4 Å². The number of Topliss-reactive ketones (excluding diaryl/α,β-unsaturated/α-hetero) is 1. The van der Waals surface area contributed by atoms with Crippen molar-refractivity contribution < 1.29 is 13.6 Å². The molecule has 2 aromatic carbocycles. The van der Waals surface area contributed by atoms with Crippen molar-refractivity contribution >= 4 is 28.6 Å². The number of thioether (sulfide) groups is 1. The molecule has 1 heterocycles. The zero-order valence-corrected chi connectivity index (χ0v) is 11.9. The van der Waals surface area contributed by atoms with Crippen LogP contribution in [-0.2, 0) is 11.2 Å². The van der Waals surface area contributed by atoms with Crippen LogP contribution in [0.5, 0.6) is 0 Å². The van der Waals surface area contributed by atoms with Gasteiger partial charge in [0, 0.05) is 6.42 Å². The summed E-state index contributed by atoms with van der Waals surface area (Å²) in [5.41, 5.74) is 1.88. The van der Waals surface area contributed by atoms with Crippen LogP contribution in [-0.4, -0.2) is 16.5 Å². The van der Waals surface area contributed by atoms with Crippen molar-refractivity contribution in [1.82, 2.24) is 4.98 Å². The fourth-order valence-electron chi connectivity index (χ4n) is 1.96. The molecule has 106 valence electrons. The molecule has 21 heavy (non-hydrogen) atoms. The van der Waals surface area contributed by atoms with E-state index in [2.05, 4.69) is 4.98 Å². The molecule has 0 radical (unpaired) electrons. The lowest BCUT2D eigenvalue weighted by atomic mass is 10.1. The minimum absolute atomic E-state index is 0.0626. The molecule has 0 fully saturated rings. The Morgan fingerprint density at radius 2 is 1.90 bits per heavy atom. The van der Waals surface area contributed by atoms with Crippen LogP contribution in [0, 0.1) is 5.82 Å². The van der Waals surface area contributed by atoms with Gasteiger partial charge in [-0.05, 0) is 23.8 Å². The maximum atomic E-state index is 13.5. The van der Waals surface area contributed by atoms with E-state index in [1.54, 1.807) is 18.2 Å². The Bertz CT molecular complexity index is 752. The molecule has 0 unspecified atom stereocenters. The molecule has 0 N–H and O–H groups in total. The van der Waals surface area contributed by atoms with Crippen LogP contribution in [0.15, 0.2) is 58.2 Å². The molecule has 0 amide bonds. The Balaban J connectivity index is 1.62. The summed E-state index contributed by atoms with van der Waals surface area (Å²) in [7, 11) is 0. The number of oxazole rings is 1. The molecule has 3 nitrogen and oxygen atoms in total. The predicted octanol–water partition coefficient (Wildman–Crippen LogP) is 3.87. The molecule has 0 spiro atoms. The van der Waals surface area contributed by atoms with Gasteiger partial charge < -0.3 is 4.42 Å². The third-order valence-electron chi connectivity index (χ3n) is 2.98. The van der Waals surface area contributed by atoms with Crippen LogP contribution in [0.3, 0.4) is 0 Å². The van der Waals surface area contributed by atoms with Crippen molar-refractivity contribution in [2.75, 3.05) is 5.75 Å². The summed E-state index contributed by atoms with van der Waals surface area (Å²) in [6.07, 6.45) is 0.0832. The second kappa shape index (κ2) is 6.10. The van der Waals surface area contributed by atoms with E-state index in [1.807, 2.05) is 24.3 Å². The Kier molecular flexibility index (Phi) is 4.01. The summed E-state index contributed by atoms with van der Waals surface area (Å²) in [5.74, 6) is -0.202. The van der Waals surface area contributed by atoms with E-state index in [1.165, 1.54) is 17.8 Å². The molecular formula is C16H12FNO2S. The zero-order chi connectivity index (χ0) is 14.7. The highest BCUT2D eigenvalue weighted by Crippen LogP contribution is 2.23. The van der Waals surface area contributed by atoms with E-state index < -0.39 is 0 Å². The van der Waals surface area contributed by atoms with Gasteiger partial charge in [0.1, 0.15) is 17.1 Å². The van der Waals surface area contributed by atoms with Crippen LogP contribution in [0.4, 0.5) is 4.39 Å². The van der Waals surface area contributed by atoms with Gasteiger partial charge in [0.05, 0.1) is 5.75 Å². The molecule has 0 saturated carbocycles. The summed E-state index contributed by atoms with van der Waals surface area (Å²) >= 11 is 1.23. The van der Waals surface area contributed by atoms with Crippen molar-refractivity contribution in [3.8, 4) is 0 Å². The summed E-state index contributed by atoms with van der Waals surface area (Å²) < 4.78 is 19.0. The molecule has 0 bridgehead atoms. The SMILES string of the molecule is O=C(CSc1nc2ccccc2o1)Cc1ccccc1F. The Morgan fingerprint density at radius 1 is 1.14 bits per heavy atom. The summed E-state index contributed by atoms with van der Waals surface area (Å²) in [6.45, 7) is 0. The van der Waals surface area contributed by atoms with Gasteiger partial charge in [0.25, 0.3) is 5.22 Å². The first-order chi connectivity index (χ1) is 10.2. The van der Waals surface area contributed by atoms with Gasteiger partial charge in [-0.25, -0.2) is 9.37 Å². The van der Waals surface area contributed by atoms with E-state index >= 15 is 0 Å². The van der Waals surface area contributed by atoms with Gasteiger partial charge >= 0.3 is 0 Å². The van der Waals surface area contributed by atoms with Crippen molar-refractivity contribution in [2.45, 2.75) is 11.6 Å². The second-order valence-electron chi connectivity index (χ2n) is 4.54. The van der Waals surface area contributed by atoms with Crippen LogP contribution in [0.2, 0.25) is 0 Å². The number of hydrogen-bond acceptors (Lipinski definition) is 4. The van der Waals surface area contributed by atoms with Gasteiger partial charge in [-0.15, -0.1) is 0 Å². The molecule has 0 aliphatic carbocycles. The van der Waals surface area contributed by atoms with Crippen molar-refractivity contribution in [2.24, 2.45) is 0 Å². The maximum Gasteiger partial charge on any atom is 0.257 e. The number of carbonyl (C=O) groups excluding carboxylic acids is 1. The largest absolute Gasteiger partial charge is 0.431 e. The number of halogens is 1. The third-order valence-corrected chi connectivity index (χ3v) is 3.86. The number of hydrogen-bond donors (Lipinski definition) is 0. The lowest BCUT2D eigenvalue weighted by Gasteiger charge is -2.01. The highest BCUT2D eigenvalue weighted by molar-refractivity contribution is 7.99. The lowest BCUT2D eigenvalue weighted by molar-refractivity contribution is -0.116. The predicted molar refractivity (Wildman–Crippen MR) is 79.8 cm³/mol. The number of benzene rings is 2. The fourth-order valence-corrected chi connectivity index (χ4v) is 2.66. The number of rotatable bonds is 5. The topological polar surface area (TPSA) is 43.1 Å². The number of ketones is 1. The molecule has 5 heteroatoms. The van der Waals surface area contributed by atoms with Crippen molar-refractivity contribution in [3.05, 3.63) is 59.9 Å². The quantitative estimate of drug-likeness (QED) is 0.671. The second-order valence-corrected chi connectivity index (χ2v) is 5.47. The normalized spacial score (nSPS) is 10.9. The van der Waals surface area contributed by atoms with Crippen LogP contribution in [0.25, 0.3) is 11.1 Å². The first-order valence-corrected chi connectivity index (χ1v) is 7.44. The number of nitrogens with zero attached hydrogens (tertiary/aromatic N) is 1. The number of para-hydroxylation sites is 2. The van der Waals surface area contributed by atoms with Gasteiger partial charge in [-0.3, -0.25) is 4.79 Å². The zero-order valence-electron chi connectivity index (χ0n) is 11.1. The molecule has 0 atom stereocenters. The Morgan fingerprint density at radius 3 is 2.71 bits per heavy atom. The highest BCUT2D eigenvalue weighted by Gasteiger charge is 2.11. The maximum absolute atomic E-state index is 13.5. The van der Waals surface area contributed by atoms with Crippen LogP contribution in [0.1, 0.15) is 5.56 Å².